The zero-order chi connectivity index (χ0) is 24.0. The largest absolute Gasteiger partial charge is 0.292 e. The van der Waals surface area contributed by atoms with Gasteiger partial charge in [-0.05, 0) is 34.9 Å². The summed E-state index contributed by atoms with van der Waals surface area (Å²) in [7, 11) is 0. The molecule has 1 unspecified atom stereocenters. The maximum absolute atomic E-state index is 12.6. The molecule has 6 heteroatoms. The number of Topliss-reactive ketones (excluding diaryl/α,β-unsaturated/α-hetero) is 1. The molecule has 2 aliphatic heterocycles. The maximum atomic E-state index is 12.6. The fourth-order valence-corrected chi connectivity index (χ4v) is 8.63. The average Bonchev–Trinajstić information content (AvgIpc) is 3.43. The van der Waals surface area contributed by atoms with Crippen LogP contribution in [0.25, 0.3) is 0 Å². The molecule has 0 saturated heterocycles. The molecule has 6 rings (SSSR count). The highest BCUT2D eigenvalue weighted by atomic mass is 35.5. The molecule has 1 atom stereocenters. The van der Waals surface area contributed by atoms with Gasteiger partial charge in [-0.3, -0.25) is 4.79 Å². The van der Waals surface area contributed by atoms with E-state index in [1.54, 1.807) is 6.92 Å². The van der Waals surface area contributed by atoms with Crippen molar-refractivity contribution >= 4 is 51.6 Å². The number of hydrogen-bond acceptors (Lipinski definition) is 5. The molecule has 0 radical (unpaired) electrons. The van der Waals surface area contributed by atoms with Crippen molar-refractivity contribution in [2.45, 2.75) is 15.9 Å². The van der Waals surface area contributed by atoms with Crippen LogP contribution in [0, 0.1) is 0 Å². The van der Waals surface area contributed by atoms with E-state index in [0.717, 1.165) is 11.3 Å². The molecule has 4 aromatic rings. The van der Waals surface area contributed by atoms with Gasteiger partial charge in [0.2, 0.25) is 0 Å². The third-order valence-electron chi connectivity index (χ3n) is 6.36. The zero-order valence-electron chi connectivity index (χ0n) is 18.9. The first kappa shape index (κ1) is 22.5. The van der Waals surface area contributed by atoms with Gasteiger partial charge in [-0.1, -0.05) is 126 Å². The van der Waals surface area contributed by atoms with Crippen molar-refractivity contribution in [2.24, 2.45) is 5.10 Å². The maximum Gasteiger partial charge on any atom is 0.187 e. The number of ketones is 1. The lowest BCUT2D eigenvalue weighted by Gasteiger charge is -2.37. The van der Waals surface area contributed by atoms with Crippen molar-refractivity contribution in [3.05, 3.63) is 136 Å². The van der Waals surface area contributed by atoms with Crippen molar-refractivity contribution in [3.8, 4) is 0 Å². The van der Waals surface area contributed by atoms with Crippen LogP contribution in [0.4, 0.5) is 5.69 Å². The minimum absolute atomic E-state index is 0.0473. The summed E-state index contributed by atoms with van der Waals surface area (Å²) in [4.78, 5) is 12.6. The van der Waals surface area contributed by atoms with Crippen LogP contribution in [-0.2, 0) is 13.7 Å². The Bertz CT molecular complexity index is 1420. The van der Waals surface area contributed by atoms with Gasteiger partial charge in [-0.2, -0.15) is 5.10 Å². The van der Waals surface area contributed by atoms with E-state index in [0.29, 0.717) is 10.1 Å². The molecule has 0 aromatic heterocycles. The minimum Gasteiger partial charge on any atom is -0.292 e. The zero-order valence-corrected chi connectivity index (χ0v) is 21.3. The van der Waals surface area contributed by atoms with Gasteiger partial charge in [0.1, 0.15) is 0 Å². The number of halogens is 1. The summed E-state index contributed by atoms with van der Waals surface area (Å²) in [6.07, 6.45) is 0. The standard InChI is InChI=1S/C29H21ClN2OS2/c1-20(33)27-31-32(24-16-10-15-23(30)19-24)29(34-27)26-18-9-8-17-25(26)28(35-29,21-11-4-2-5-12-21)22-13-6-3-7-14-22/h2-19H,1H3. The van der Waals surface area contributed by atoms with Gasteiger partial charge in [0.25, 0.3) is 0 Å². The van der Waals surface area contributed by atoms with Crippen LogP contribution in [-0.4, -0.2) is 10.8 Å². The van der Waals surface area contributed by atoms with E-state index in [1.807, 2.05) is 53.2 Å². The fourth-order valence-electron chi connectivity index (χ4n) is 4.89. The summed E-state index contributed by atoms with van der Waals surface area (Å²) in [6, 6.07) is 37.4. The van der Waals surface area contributed by atoms with E-state index >= 15 is 0 Å². The first-order valence-corrected chi connectivity index (χ1v) is 13.3. The Labute approximate surface area is 218 Å². The lowest BCUT2D eigenvalue weighted by atomic mass is 9.82. The summed E-state index contributed by atoms with van der Waals surface area (Å²) in [5.41, 5.74) is 5.54. The number of hydrazone groups is 1. The van der Waals surface area contributed by atoms with Crippen LogP contribution in [0.15, 0.2) is 114 Å². The van der Waals surface area contributed by atoms with Crippen molar-refractivity contribution in [1.29, 1.82) is 0 Å². The van der Waals surface area contributed by atoms with E-state index in [1.165, 1.54) is 28.5 Å². The lowest BCUT2D eigenvalue weighted by molar-refractivity contribution is -0.110. The quantitative estimate of drug-likeness (QED) is 0.281. The number of hydrogen-bond donors (Lipinski definition) is 0. The van der Waals surface area contributed by atoms with E-state index in [9.17, 15) is 4.79 Å². The second-order valence-electron chi connectivity index (χ2n) is 8.50. The van der Waals surface area contributed by atoms with Crippen LogP contribution in [0.1, 0.15) is 29.2 Å². The Morgan fingerprint density at radius 2 is 1.40 bits per heavy atom. The number of anilines is 1. The molecule has 2 heterocycles. The van der Waals surface area contributed by atoms with Gasteiger partial charge < -0.3 is 0 Å². The molecular formula is C29H21ClN2OS2. The van der Waals surface area contributed by atoms with E-state index in [2.05, 4.69) is 72.8 Å². The van der Waals surface area contributed by atoms with Gasteiger partial charge in [0.15, 0.2) is 15.0 Å². The molecule has 172 valence electrons. The van der Waals surface area contributed by atoms with Crippen molar-refractivity contribution in [1.82, 2.24) is 0 Å². The Morgan fingerprint density at radius 1 is 0.800 bits per heavy atom. The Hall–Kier alpha value is -2.99. The number of carbonyl (C=O) groups is 1. The molecule has 0 fully saturated rings. The van der Waals surface area contributed by atoms with Gasteiger partial charge >= 0.3 is 0 Å². The Morgan fingerprint density at radius 3 is 2.00 bits per heavy atom. The van der Waals surface area contributed by atoms with Gasteiger partial charge in [-0.15, -0.1) is 0 Å². The van der Waals surface area contributed by atoms with E-state index in [-0.39, 0.29) is 5.78 Å². The van der Waals surface area contributed by atoms with Crippen LogP contribution in [0.3, 0.4) is 0 Å². The normalized spacial score (nSPS) is 20.1. The first-order valence-electron chi connectivity index (χ1n) is 11.3. The minimum atomic E-state index is -0.687. The average molecular weight is 513 g/mol. The molecule has 0 N–H and O–H groups in total. The second-order valence-corrected chi connectivity index (χ2v) is 11.8. The molecule has 0 amide bonds. The van der Waals surface area contributed by atoms with Crippen LogP contribution in [0.5, 0.6) is 0 Å². The highest BCUT2D eigenvalue weighted by molar-refractivity contribution is 8.27. The van der Waals surface area contributed by atoms with Crippen molar-refractivity contribution < 1.29 is 4.79 Å². The highest BCUT2D eigenvalue weighted by Crippen LogP contribution is 2.70. The van der Waals surface area contributed by atoms with Gasteiger partial charge in [0, 0.05) is 17.5 Å². The van der Waals surface area contributed by atoms with Gasteiger partial charge in [-0.25, -0.2) is 5.01 Å². The molecule has 2 aliphatic rings. The molecule has 4 aromatic carbocycles. The number of benzene rings is 4. The third kappa shape index (κ3) is 3.45. The number of carbonyl (C=O) groups excluding carboxylic acids is 1. The number of nitrogens with zero attached hydrogens (tertiary/aromatic N) is 2. The van der Waals surface area contributed by atoms with Gasteiger partial charge in [0.05, 0.1) is 10.4 Å². The van der Waals surface area contributed by atoms with Crippen LogP contribution in [0.2, 0.25) is 5.02 Å². The molecule has 0 saturated carbocycles. The summed E-state index contributed by atoms with van der Waals surface area (Å²) in [5.74, 6) is -0.0473. The number of fused-ring (bicyclic) bond motifs is 2. The lowest BCUT2D eigenvalue weighted by Crippen LogP contribution is -2.34. The summed E-state index contributed by atoms with van der Waals surface area (Å²) >= 11 is 9.74. The van der Waals surface area contributed by atoms with E-state index < -0.39 is 8.95 Å². The monoisotopic (exact) mass is 512 g/mol. The van der Waals surface area contributed by atoms with Crippen molar-refractivity contribution in [3.63, 3.8) is 0 Å². The first-order chi connectivity index (χ1) is 17.0. The number of thioether (sulfide) groups is 2. The third-order valence-corrected chi connectivity index (χ3v) is 9.99. The summed E-state index contributed by atoms with van der Waals surface area (Å²) < 4.78 is -1.18. The van der Waals surface area contributed by atoms with E-state index in [4.69, 9.17) is 16.7 Å². The Kier molecular flexibility index (Phi) is 5.52. The van der Waals surface area contributed by atoms with Crippen LogP contribution < -0.4 is 5.01 Å². The predicted molar refractivity (Wildman–Crippen MR) is 148 cm³/mol. The summed E-state index contributed by atoms with van der Waals surface area (Å²) in [6.45, 7) is 1.58. The Balaban J connectivity index is 1.65. The smallest absolute Gasteiger partial charge is 0.187 e. The second kappa shape index (κ2) is 8.59. The predicted octanol–water partition coefficient (Wildman–Crippen LogP) is 7.64. The molecule has 0 aliphatic carbocycles. The fraction of sp³-hybridized carbons (Fsp3) is 0.103. The SMILES string of the molecule is CC(=O)C1=NN(c2cccc(Cl)c2)C2(S1)SC(c1ccccc1)(c1ccccc1)c1ccccc12. The molecule has 0 bridgehead atoms. The summed E-state index contributed by atoms with van der Waals surface area (Å²) in [5, 5.41) is 7.97. The molecule has 35 heavy (non-hydrogen) atoms. The highest BCUT2D eigenvalue weighted by Gasteiger charge is 2.61. The number of rotatable bonds is 4. The molecule has 3 nitrogen and oxygen atoms in total. The molecular weight excluding hydrogens is 492 g/mol. The van der Waals surface area contributed by atoms with Crippen LogP contribution >= 0.6 is 35.1 Å². The topological polar surface area (TPSA) is 32.7 Å². The van der Waals surface area contributed by atoms with Crippen molar-refractivity contribution in [2.75, 3.05) is 5.01 Å². The molecule has 1 spiro atoms.